The van der Waals surface area contributed by atoms with E-state index in [1.54, 1.807) is 12.1 Å². The van der Waals surface area contributed by atoms with Crippen LogP contribution in [0.2, 0.25) is 0 Å². The Labute approximate surface area is 175 Å². The zero-order valence-electron chi connectivity index (χ0n) is 16.0. The van der Waals surface area contributed by atoms with Crippen molar-refractivity contribution in [3.8, 4) is 0 Å². The lowest BCUT2D eigenvalue weighted by atomic mass is 10.0. The maximum atomic E-state index is 13.1. The molecule has 0 saturated heterocycles. The second-order valence-corrected chi connectivity index (χ2v) is 7.86. The SMILES string of the molecule is COC(=O)CC1CC(C(F)(F)F)=NN1c1ccc(Cc2ccc(Br)cc2C)cc1. The first-order valence-corrected chi connectivity index (χ1v) is 9.81. The first-order chi connectivity index (χ1) is 13.7. The van der Waals surface area contributed by atoms with E-state index in [0.717, 1.165) is 15.6 Å². The van der Waals surface area contributed by atoms with E-state index in [9.17, 15) is 18.0 Å². The summed E-state index contributed by atoms with van der Waals surface area (Å²) in [6.07, 6.45) is -4.33. The number of carbonyl (C=O) groups is 1. The molecule has 1 aliphatic rings. The number of alkyl halides is 3. The minimum Gasteiger partial charge on any atom is -0.469 e. The van der Waals surface area contributed by atoms with Crippen molar-refractivity contribution in [2.45, 2.75) is 38.4 Å². The quantitative estimate of drug-likeness (QED) is 0.551. The van der Waals surface area contributed by atoms with Crippen LogP contribution in [-0.4, -0.2) is 31.0 Å². The first kappa shape index (κ1) is 21.4. The van der Waals surface area contributed by atoms with E-state index in [2.05, 4.69) is 25.8 Å². The second-order valence-electron chi connectivity index (χ2n) is 6.94. The van der Waals surface area contributed by atoms with Gasteiger partial charge in [-0.2, -0.15) is 18.3 Å². The van der Waals surface area contributed by atoms with E-state index >= 15 is 0 Å². The lowest BCUT2D eigenvalue weighted by Gasteiger charge is -2.23. The number of hydrogen-bond acceptors (Lipinski definition) is 4. The van der Waals surface area contributed by atoms with Crippen LogP contribution in [0.15, 0.2) is 52.0 Å². The van der Waals surface area contributed by atoms with Crippen molar-refractivity contribution in [1.29, 1.82) is 0 Å². The molecule has 1 atom stereocenters. The Kier molecular flexibility index (Phi) is 6.31. The van der Waals surface area contributed by atoms with Crippen molar-refractivity contribution in [2.75, 3.05) is 12.1 Å². The molecule has 1 heterocycles. The lowest BCUT2D eigenvalue weighted by molar-refractivity contribution is -0.141. The van der Waals surface area contributed by atoms with Crippen LogP contribution in [-0.2, 0) is 16.0 Å². The van der Waals surface area contributed by atoms with Gasteiger partial charge in [0.15, 0.2) is 0 Å². The molecule has 2 aromatic rings. The van der Waals surface area contributed by atoms with E-state index < -0.39 is 23.9 Å². The third-order valence-corrected chi connectivity index (χ3v) is 5.35. The molecule has 0 fully saturated rings. The topological polar surface area (TPSA) is 41.9 Å². The fourth-order valence-corrected chi connectivity index (χ4v) is 3.76. The molecule has 0 amide bonds. The highest BCUT2D eigenvalue weighted by Gasteiger charge is 2.43. The summed E-state index contributed by atoms with van der Waals surface area (Å²) < 4.78 is 45.0. The molecule has 0 radical (unpaired) electrons. The van der Waals surface area contributed by atoms with Crippen LogP contribution < -0.4 is 5.01 Å². The fourth-order valence-electron chi connectivity index (χ4n) is 3.28. The highest BCUT2D eigenvalue weighted by Crippen LogP contribution is 2.33. The highest BCUT2D eigenvalue weighted by atomic mass is 79.9. The van der Waals surface area contributed by atoms with Crippen LogP contribution in [0.3, 0.4) is 0 Å². The van der Waals surface area contributed by atoms with Gasteiger partial charge >= 0.3 is 12.1 Å². The number of rotatable bonds is 5. The van der Waals surface area contributed by atoms with E-state index in [1.165, 1.54) is 17.7 Å². The summed E-state index contributed by atoms with van der Waals surface area (Å²) in [6.45, 7) is 2.03. The van der Waals surface area contributed by atoms with Crippen LogP contribution in [0.1, 0.15) is 29.5 Å². The van der Waals surface area contributed by atoms with Crippen molar-refractivity contribution >= 4 is 33.3 Å². The number of halogens is 4. The average Bonchev–Trinajstić information content (AvgIpc) is 3.08. The highest BCUT2D eigenvalue weighted by molar-refractivity contribution is 9.10. The summed E-state index contributed by atoms with van der Waals surface area (Å²) in [6, 6.07) is 12.5. The van der Waals surface area contributed by atoms with Crippen LogP contribution in [0, 0.1) is 6.92 Å². The summed E-state index contributed by atoms with van der Waals surface area (Å²) in [7, 11) is 1.21. The number of ether oxygens (including phenoxy) is 1. The number of esters is 1. The Morgan fingerprint density at radius 2 is 1.93 bits per heavy atom. The molecule has 1 aliphatic heterocycles. The number of aryl methyl sites for hydroxylation is 1. The normalized spacial score (nSPS) is 16.7. The molecule has 29 heavy (non-hydrogen) atoms. The van der Waals surface area contributed by atoms with E-state index in [0.29, 0.717) is 12.1 Å². The van der Waals surface area contributed by atoms with Crippen molar-refractivity contribution in [1.82, 2.24) is 0 Å². The van der Waals surface area contributed by atoms with Crippen LogP contribution in [0.5, 0.6) is 0 Å². The third kappa shape index (κ3) is 5.18. The van der Waals surface area contributed by atoms with Gasteiger partial charge < -0.3 is 4.74 Å². The molecular weight excluding hydrogens is 449 g/mol. The Hall–Kier alpha value is -2.35. The van der Waals surface area contributed by atoms with E-state index in [4.69, 9.17) is 0 Å². The van der Waals surface area contributed by atoms with Crippen LogP contribution in [0.25, 0.3) is 0 Å². The molecule has 0 aliphatic carbocycles. The summed E-state index contributed by atoms with van der Waals surface area (Å²) in [5.74, 6) is -0.569. The van der Waals surface area contributed by atoms with Crippen molar-refractivity contribution in [3.05, 3.63) is 63.6 Å². The summed E-state index contributed by atoms with van der Waals surface area (Å²) in [4.78, 5) is 11.6. The molecule has 0 N–H and O–H groups in total. The van der Waals surface area contributed by atoms with Gasteiger partial charge in [-0.05, 0) is 54.3 Å². The summed E-state index contributed by atoms with van der Waals surface area (Å²) >= 11 is 3.44. The number of methoxy groups -OCH3 is 1. The Morgan fingerprint density at radius 1 is 1.24 bits per heavy atom. The smallest absolute Gasteiger partial charge is 0.431 e. The van der Waals surface area contributed by atoms with Gasteiger partial charge in [0.1, 0.15) is 5.71 Å². The minimum absolute atomic E-state index is 0.167. The minimum atomic E-state index is -4.53. The zero-order valence-corrected chi connectivity index (χ0v) is 17.5. The van der Waals surface area contributed by atoms with Gasteiger partial charge in [0.05, 0.1) is 25.3 Å². The van der Waals surface area contributed by atoms with Gasteiger partial charge in [-0.25, -0.2) is 0 Å². The Morgan fingerprint density at radius 3 is 2.52 bits per heavy atom. The number of hydrazone groups is 1. The molecule has 3 rings (SSSR count). The predicted molar refractivity (Wildman–Crippen MR) is 109 cm³/mol. The predicted octanol–water partition coefficient (Wildman–Crippen LogP) is 5.41. The molecule has 4 nitrogen and oxygen atoms in total. The number of carbonyl (C=O) groups excluding carboxylic acids is 1. The second kappa shape index (κ2) is 8.57. The Bertz CT molecular complexity index is 927. The third-order valence-electron chi connectivity index (χ3n) is 4.86. The molecule has 154 valence electrons. The van der Waals surface area contributed by atoms with Gasteiger partial charge in [0.25, 0.3) is 0 Å². The van der Waals surface area contributed by atoms with E-state index in [1.807, 2.05) is 37.3 Å². The van der Waals surface area contributed by atoms with Gasteiger partial charge in [-0.3, -0.25) is 9.80 Å². The van der Waals surface area contributed by atoms with Gasteiger partial charge in [-0.1, -0.05) is 34.1 Å². The molecule has 2 aromatic carbocycles. The van der Waals surface area contributed by atoms with Gasteiger partial charge in [0.2, 0.25) is 0 Å². The molecule has 0 bridgehead atoms. The molecule has 0 aromatic heterocycles. The first-order valence-electron chi connectivity index (χ1n) is 9.02. The lowest BCUT2D eigenvalue weighted by Crippen LogP contribution is -2.30. The van der Waals surface area contributed by atoms with E-state index in [-0.39, 0.29) is 12.8 Å². The molecular formula is C21H20BrF3N2O2. The Balaban J connectivity index is 1.81. The van der Waals surface area contributed by atoms with Crippen LogP contribution in [0.4, 0.5) is 18.9 Å². The number of nitrogens with zero attached hydrogens (tertiary/aromatic N) is 2. The zero-order chi connectivity index (χ0) is 21.2. The summed E-state index contributed by atoms with van der Waals surface area (Å²) in [5, 5.41) is 5.02. The molecule has 8 heteroatoms. The fraction of sp³-hybridized carbons (Fsp3) is 0.333. The summed E-state index contributed by atoms with van der Waals surface area (Å²) in [5.41, 5.74) is 2.97. The van der Waals surface area contributed by atoms with Crippen molar-refractivity contribution < 1.29 is 22.7 Å². The number of anilines is 1. The number of hydrogen-bond donors (Lipinski definition) is 0. The van der Waals surface area contributed by atoms with Crippen molar-refractivity contribution in [3.63, 3.8) is 0 Å². The van der Waals surface area contributed by atoms with Gasteiger partial charge in [-0.15, -0.1) is 0 Å². The average molecular weight is 469 g/mol. The monoisotopic (exact) mass is 468 g/mol. The standard InChI is InChI=1S/C21H20BrF3N2O2/c1-13-9-16(22)6-5-15(13)10-14-3-7-17(8-4-14)27-18(12-20(28)29-2)11-19(26-27)21(23,24)25/h3-9,18H,10-12H2,1-2H3. The maximum Gasteiger partial charge on any atom is 0.431 e. The van der Waals surface area contributed by atoms with Gasteiger partial charge in [0, 0.05) is 10.9 Å². The van der Waals surface area contributed by atoms with Crippen molar-refractivity contribution in [2.24, 2.45) is 5.10 Å². The maximum absolute atomic E-state index is 13.1. The molecule has 1 unspecified atom stereocenters. The van der Waals surface area contributed by atoms with Crippen LogP contribution >= 0.6 is 15.9 Å². The largest absolute Gasteiger partial charge is 0.469 e. The molecule has 0 saturated carbocycles. The number of benzene rings is 2. The molecule has 0 spiro atoms.